The molecule has 2 aromatic carbocycles. The van der Waals surface area contributed by atoms with Gasteiger partial charge in [0.2, 0.25) is 0 Å². The highest BCUT2D eigenvalue weighted by Gasteiger charge is 2.19. The minimum Gasteiger partial charge on any atom is -0.382 e. The van der Waals surface area contributed by atoms with E-state index >= 15 is 0 Å². The van der Waals surface area contributed by atoms with Gasteiger partial charge in [-0.1, -0.05) is 35.3 Å². The van der Waals surface area contributed by atoms with Gasteiger partial charge in [0.05, 0.1) is 15.6 Å². The number of anilines is 2. The van der Waals surface area contributed by atoms with Gasteiger partial charge in [0, 0.05) is 42.1 Å². The molecule has 0 spiro atoms. The lowest BCUT2D eigenvalue weighted by molar-refractivity contribution is 0.527. The number of fused-ring (bicyclic) bond motifs is 1. The van der Waals surface area contributed by atoms with Crippen molar-refractivity contribution in [2.45, 2.75) is 18.9 Å². The number of rotatable bonds is 3. The number of benzene rings is 2. The van der Waals surface area contributed by atoms with Crippen LogP contribution in [0.2, 0.25) is 10.0 Å². The van der Waals surface area contributed by atoms with Crippen molar-refractivity contribution in [2.24, 2.45) is 0 Å². The lowest BCUT2D eigenvalue weighted by atomic mass is 10.0. The molecule has 0 atom stereocenters. The largest absolute Gasteiger partial charge is 0.382 e. The Balaban J connectivity index is 1.41. The van der Waals surface area contributed by atoms with Crippen molar-refractivity contribution in [2.75, 3.05) is 23.3 Å². The molecule has 0 saturated carbocycles. The van der Waals surface area contributed by atoms with Crippen molar-refractivity contribution < 1.29 is 0 Å². The fraction of sp³-hybridized carbons (Fsp3) is 0.250. The van der Waals surface area contributed by atoms with Gasteiger partial charge in [-0.25, -0.2) is 0 Å². The Kier molecular flexibility index (Phi) is 4.69. The summed E-state index contributed by atoms with van der Waals surface area (Å²) in [6.45, 7) is 2.05. The first-order valence-electron chi connectivity index (χ1n) is 8.50. The normalized spacial score (nSPS) is 15.5. The van der Waals surface area contributed by atoms with Crippen LogP contribution in [0.15, 0.2) is 54.7 Å². The highest BCUT2D eigenvalue weighted by molar-refractivity contribution is 6.42. The number of pyridine rings is 1. The van der Waals surface area contributed by atoms with E-state index in [1.54, 1.807) is 0 Å². The van der Waals surface area contributed by atoms with Crippen molar-refractivity contribution >= 4 is 45.5 Å². The topological polar surface area (TPSA) is 28.2 Å². The molecule has 4 rings (SSSR count). The molecule has 3 nitrogen and oxygen atoms in total. The van der Waals surface area contributed by atoms with Crippen LogP contribution in [0.1, 0.15) is 12.8 Å². The van der Waals surface area contributed by atoms with Crippen molar-refractivity contribution in [3.8, 4) is 0 Å². The predicted molar refractivity (Wildman–Crippen MR) is 107 cm³/mol. The molecule has 3 aromatic rings. The highest BCUT2D eigenvalue weighted by atomic mass is 35.5. The third-order valence-electron chi connectivity index (χ3n) is 4.74. The summed E-state index contributed by atoms with van der Waals surface area (Å²) < 4.78 is 0. The zero-order valence-electron chi connectivity index (χ0n) is 13.8. The van der Waals surface area contributed by atoms with Gasteiger partial charge in [0.25, 0.3) is 0 Å². The molecule has 1 N–H and O–H groups in total. The summed E-state index contributed by atoms with van der Waals surface area (Å²) >= 11 is 12.1. The predicted octanol–water partition coefficient (Wildman–Crippen LogP) is 5.62. The second-order valence-electron chi connectivity index (χ2n) is 6.41. The summed E-state index contributed by atoms with van der Waals surface area (Å²) in [7, 11) is 0. The molecule has 0 bridgehead atoms. The lowest BCUT2D eigenvalue weighted by Gasteiger charge is -2.34. The summed E-state index contributed by atoms with van der Waals surface area (Å²) in [5.74, 6) is 0. The molecule has 0 amide bonds. The average Bonchev–Trinajstić information content (AvgIpc) is 2.65. The second kappa shape index (κ2) is 7.11. The number of nitrogens with one attached hydrogen (secondary N) is 1. The third kappa shape index (κ3) is 3.68. The molecule has 2 heterocycles. The maximum atomic E-state index is 6.10. The SMILES string of the molecule is Clc1ccc(NC2CCN(c3ccc4cccnc4c3)CC2)cc1Cl. The van der Waals surface area contributed by atoms with Crippen LogP contribution in [0.25, 0.3) is 10.9 Å². The molecule has 0 unspecified atom stereocenters. The standard InChI is InChI=1S/C20H19Cl2N3/c21-18-6-4-16(12-19(18)22)24-15-7-10-25(11-8-15)17-5-3-14-2-1-9-23-20(14)13-17/h1-6,9,12-13,15,24H,7-8,10-11H2. The van der Waals surface area contributed by atoms with E-state index in [1.807, 2.05) is 30.5 Å². The number of nitrogens with zero attached hydrogens (tertiary/aromatic N) is 2. The van der Waals surface area contributed by atoms with E-state index < -0.39 is 0 Å². The number of hydrogen-bond donors (Lipinski definition) is 1. The Morgan fingerprint density at radius 3 is 2.60 bits per heavy atom. The van der Waals surface area contributed by atoms with Crippen molar-refractivity contribution in [1.29, 1.82) is 0 Å². The molecule has 128 valence electrons. The minimum absolute atomic E-state index is 0.451. The van der Waals surface area contributed by atoms with Gasteiger partial charge in [-0.2, -0.15) is 0 Å². The van der Waals surface area contributed by atoms with Crippen LogP contribution in [-0.4, -0.2) is 24.1 Å². The highest BCUT2D eigenvalue weighted by Crippen LogP contribution is 2.28. The van der Waals surface area contributed by atoms with Crippen LogP contribution >= 0.6 is 23.2 Å². The Labute approximate surface area is 157 Å². The van der Waals surface area contributed by atoms with Crippen LogP contribution < -0.4 is 10.2 Å². The minimum atomic E-state index is 0.451. The van der Waals surface area contributed by atoms with Crippen molar-refractivity contribution in [1.82, 2.24) is 4.98 Å². The first-order valence-corrected chi connectivity index (χ1v) is 9.26. The van der Waals surface area contributed by atoms with Crippen LogP contribution in [-0.2, 0) is 0 Å². The Bertz CT molecular complexity index is 889. The zero-order valence-corrected chi connectivity index (χ0v) is 15.3. The molecule has 1 fully saturated rings. The van der Waals surface area contributed by atoms with E-state index in [2.05, 4.69) is 39.5 Å². The Hall–Kier alpha value is -1.97. The van der Waals surface area contributed by atoms with E-state index in [4.69, 9.17) is 23.2 Å². The quantitative estimate of drug-likeness (QED) is 0.647. The number of piperidine rings is 1. The molecule has 1 aliphatic rings. The van der Waals surface area contributed by atoms with Crippen LogP contribution in [0, 0.1) is 0 Å². The van der Waals surface area contributed by atoms with Gasteiger partial charge in [0.1, 0.15) is 0 Å². The average molecular weight is 372 g/mol. The Morgan fingerprint density at radius 2 is 1.80 bits per heavy atom. The van der Waals surface area contributed by atoms with Gasteiger partial charge >= 0.3 is 0 Å². The Morgan fingerprint density at radius 1 is 0.960 bits per heavy atom. The number of aromatic nitrogens is 1. The molecular weight excluding hydrogens is 353 g/mol. The van der Waals surface area contributed by atoms with Crippen LogP contribution in [0.3, 0.4) is 0 Å². The van der Waals surface area contributed by atoms with Gasteiger partial charge in [-0.3, -0.25) is 4.98 Å². The molecule has 0 radical (unpaired) electrons. The van der Waals surface area contributed by atoms with E-state index in [1.165, 1.54) is 11.1 Å². The van der Waals surface area contributed by atoms with E-state index in [0.29, 0.717) is 16.1 Å². The molecule has 0 aliphatic carbocycles. The van der Waals surface area contributed by atoms with Gasteiger partial charge < -0.3 is 10.2 Å². The monoisotopic (exact) mass is 371 g/mol. The molecule has 1 aliphatic heterocycles. The fourth-order valence-corrected chi connectivity index (χ4v) is 3.65. The second-order valence-corrected chi connectivity index (χ2v) is 7.23. The van der Waals surface area contributed by atoms with Crippen molar-refractivity contribution in [3.05, 3.63) is 64.8 Å². The van der Waals surface area contributed by atoms with Crippen molar-refractivity contribution in [3.63, 3.8) is 0 Å². The first kappa shape index (κ1) is 16.5. The van der Waals surface area contributed by atoms with E-state index in [-0.39, 0.29) is 0 Å². The molecular formula is C20H19Cl2N3. The van der Waals surface area contributed by atoms with E-state index in [0.717, 1.165) is 37.1 Å². The first-order chi connectivity index (χ1) is 12.2. The third-order valence-corrected chi connectivity index (χ3v) is 5.48. The van der Waals surface area contributed by atoms with Gasteiger partial charge in [0.15, 0.2) is 0 Å². The summed E-state index contributed by atoms with van der Waals surface area (Å²) in [5, 5.41) is 5.93. The number of halogens is 2. The van der Waals surface area contributed by atoms with Crippen LogP contribution in [0.5, 0.6) is 0 Å². The zero-order chi connectivity index (χ0) is 17.2. The summed E-state index contributed by atoms with van der Waals surface area (Å²) in [4.78, 5) is 6.89. The van der Waals surface area contributed by atoms with Gasteiger partial charge in [-0.15, -0.1) is 0 Å². The summed E-state index contributed by atoms with van der Waals surface area (Å²) in [5.41, 5.74) is 3.33. The molecule has 1 saturated heterocycles. The maximum Gasteiger partial charge on any atom is 0.0722 e. The fourth-order valence-electron chi connectivity index (χ4n) is 3.36. The molecule has 5 heteroatoms. The molecule has 25 heavy (non-hydrogen) atoms. The maximum absolute atomic E-state index is 6.10. The lowest BCUT2D eigenvalue weighted by Crippen LogP contribution is -2.39. The molecule has 1 aromatic heterocycles. The number of hydrogen-bond acceptors (Lipinski definition) is 3. The van der Waals surface area contributed by atoms with E-state index in [9.17, 15) is 0 Å². The summed E-state index contributed by atoms with van der Waals surface area (Å²) in [6.07, 6.45) is 4.01. The van der Waals surface area contributed by atoms with Crippen LogP contribution in [0.4, 0.5) is 11.4 Å². The van der Waals surface area contributed by atoms with Gasteiger partial charge in [-0.05, 0) is 49.2 Å². The smallest absolute Gasteiger partial charge is 0.0722 e. The summed E-state index contributed by atoms with van der Waals surface area (Å²) in [6, 6.07) is 16.8.